The Labute approximate surface area is 133 Å². The van der Waals surface area contributed by atoms with E-state index in [4.69, 9.17) is 5.84 Å². The van der Waals surface area contributed by atoms with E-state index in [1.807, 2.05) is 0 Å². The molecule has 0 radical (unpaired) electrons. The minimum atomic E-state index is -3.82. The molecule has 106 valence electrons. The Hall–Kier alpha value is -1.16. The highest BCUT2D eigenvalue weighted by Crippen LogP contribution is 2.27. The molecule has 0 bridgehead atoms. The monoisotopic (exact) mass is 420 g/mol. The second kappa shape index (κ2) is 6.08. The van der Waals surface area contributed by atoms with Gasteiger partial charge in [-0.1, -0.05) is 12.1 Å². The van der Waals surface area contributed by atoms with Gasteiger partial charge >= 0.3 is 0 Å². The van der Waals surface area contributed by atoms with Gasteiger partial charge in [-0.15, -0.1) is 0 Å². The number of nitrogen functional groups attached to an aromatic ring is 1. The van der Waals surface area contributed by atoms with Crippen molar-refractivity contribution < 1.29 is 8.42 Å². The van der Waals surface area contributed by atoms with E-state index in [9.17, 15) is 8.42 Å². The molecule has 0 unspecified atom stereocenters. The highest BCUT2D eigenvalue weighted by Gasteiger charge is 2.21. The number of hydrazine groups is 1. The molecule has 20 heavy (non-hydrogen) atoms. The van der Waals surface area contributed by atoms with Crippen molar-refractivity contribution >= 4 is 53.4 Å². The lowest BCUT2D eigenvalue weighted by Crippen LogP contribution is -2.18. The predicted octanol–water partition coefficient (Wildman–Crippen LogP) is 2.69. The van der Waals surface area contributed by atoms with Gasteiger partial charge < -0.3 is 5.43 Å². The number of benzene rings is 1. The maximum atomic E-state index is 12.4. The van der Waals surface area contributed by atoms with E-state index in [1.165, 1.54) is 12.3 Å². The van der Waals surface area contributed by atoms with Crippen LogP contribution in [0.5, 0.6) is 0 Å². The van der Waals surface area contributed by atoms with Gasteiger partial charge in [-0.2, -0.15) is 0 Å². The lowest BCUT2D eigenvalue weighted by Gasteiger charge is -2.12. The van der Waals surface area contributed by atoms with Crippen molar-refractivity contribution in [2.75, 3.05) is 10.1 Å². The topological polar surface area (TPSA) is 97.1 Å². The fourth-order valence-electron chi connectivity index (χ4n) is 1.48. The summed E-state index contributed by atoms with van der Waals surface area (Å²) in [6.07, 6.45) is 1.45. The lowest BCUT2D eigenvalue weighted by molar-refractivity contribution is 0.601. The van der Waals surface area contributed by atoms with Crippen LogP contribution in [0, 0.1) is 0 Å². The summed E-state index contributed by atoms with van der Waals surface area (Å²) in [6.45, 7) is 0. The summed E-state index contributed by atoms with van der Waals surface area (Å²) in [7, 11) is -3.82. The van der Waals surface area contributed by atoms with Crippen LogP contribution in [-0.4, -0.2) is 13.4 Å². The van der Waals surface area contributed by atoms with E-state index in [-0.39, 0.29) is 10.7 Å². The van der Waals surface area contributed by atoms with Crippen LogP contribution in [0.4, 0.5) is 11.5 Å². The molecule has 0 fully saturated rings. The van der Waals surface area contributed by atoms with Gasteiger partial charge in [0.25, 0.3) is 10.0 Å². The molecule has 0 saturated carbocycles. The molecule has 1 aromatic heterocycles. The molecule has 4 N–H and O–H groups in total. The van der Waals surface area contributed by atoms with Crippen LogP contribution in [0.25, 0.3) is 0 Å². The average Bonchev–Trinajstić information content (AvgIpc) is 2.41. The molecule has 2 rings (SSSR count). The molecular formula is C11H10Br2N4O2S. The smallest absolute Gasteiger partial charge is 0.265 e. The Morgan fingerprint density at radius 2 is 1.90 bits per heavy atom. The van der Waals surface area contributed by atoms with Gasteiger partial charge in [0.2, 0.25) is 0 Å². The van der Waals surface area contributed by atoms with Gasteiger partial charge in [-0.3, -0.25) is 4.72 Å². The number of rotatable bonds is 4. The zero-order chi connectivity index (χ0) is 14.8. The number of nitrogens with one attached hydrogen (secondary N) is 2. The molecule has 0 aliphatic rings. The van der Waals surface area contributed by atoms with Crippen LogP contribution in [0.2, 0.25) is 0 Å². The molecule has 1 heterocycles. The Morgan fingerprint density at radius 3 is 2.55 bits per heavy atom. The quantitative estimate of drug-likeness (QED) is 0.520. The van der Waals surface area contributed by atoms with Crippen molar-refractivity contribution in [2.24, 2.45) is 5.84 Å². The average molecular weight is 422 g/mol. The minimum Gasteiger partial charge on any atom is -0.307 e. The van der Waals surface area contributed by atoms with Crippen LogP contribution in [0.1, 0.15) is 0 Å². The lowest BCUT2D eigenvalue weighted by atomic mass is 10.3. The van der Waals surface area contributed by atoms with E-state index in [0.717, 1.165) is 0 Å². The molecule has 2 aromatic rings. The Kier molecular flexibility index (Phi) is 4.63. The first-order valence-corrected chi connectivity index (χ1v) is 8.40. The molecule has 0 spiro atoms. The Bertz CT molecular complexity index is 737. The number of sulfonamides is 1. The number of pyridine rings is 1. The van der Waals surface area contributed by atoms with Gasteiger partial charge in [0.1, 0.15) is 4.90 Å². The zero-order valence-electron chi connectivity index (χ0n) is 9.97. The van der Waals surface area contributed by atoms with Gasteiger partial charge in [-0.25, -0.2) is 19.2 Å². The number of para-hydroxylation sites is 1. The first-order chi connectivity index (χ1) is 9.44. The van der Waals surface area contributed by atoms with Crippen LogP contribution >= 0.6 is 31.9 Å². The molecule has 0 aliphatic heterocycles. The van der Waals surface area contributed by atoms with E-state index >= 15 is 0 Å². The SMILES string of the molecule is NNc1ncc(Br)cc1S(=O)(=O)Nc1ccccc1Br. The van der Waals surface area contributed by atoms with E-state index in [0.29, 0.717) is 14.6 Å². The number of hydrogen-bond acceptors (Lipinski definition) is 5. The summed E-state index contributed by atoms with van der Waals surface area (Å²) < 4.78 is 28.4. The normalized spacial score (nSPS) is 11.2. The van der Waals surface area contributed by atoms with Crippen LogP contribution in [0.15, 0.2) is 50.4 Å². The number of hydrogen-bond donors (Lipinski definition) is 3. The summed E-state index contributed by atoms with van der Waals surface area (Å²) >= 11 is 6.46. The molecule has 1 aromatic carbocycles. The van der Waals surface area contributed by atoms with Gasteiger partial charge in [0.05, 0.1) is 5.69 Å². The molecule has 0 atom stereocenters. The van der Waals surface area contributed by atoms with Crippen molar-refractivity contribution in [3.8, 4) is 0 Å². The molecule has 0 aliphatic carbocycles. The Morgan fingerprint density at radius 1 is 1.20 bits per heavy atom. The zero-order valence-corrected chi connectivity index (χ0v) is 14.0. The van der Waals surface area contributed by atoms with Crippen molar-refractivity contribution in [2.45, 2.75) is 4.90 Å². The van der Waals surface area contributed by atoms with E-state index < -0.39 is 10.0 Å². The largest absolute Gasteiger partial charge is 0.307 e. The maximum absolute atomic E-state index is 12.4. The van der Waals surface area contributed by atoms with E-state index in [1.54, 1.807) is 24.3 Å². The highest BCUT2D eigenvalue weighted by atomic mass is 79.9. The molecule has 6 nitrogen and oxygen atoms in total. The summed E-state index contributed by atoms with van der Waals surface area (Å²) in [5.74, 6) is 5.35. The standard InChI is InChI=1S/C11H10Br2N4O2S/c12-7-5-10(11(16-14)15-6-7)20(18,19)17-9-4-2-1-3-8(9)13/h1-6,17H,14H2,(H,15,16). The third-order valence-electron chi connectivity index (χ3n) is 2.36. The van der Waals surface area contributed by atoms with Crippen molar-refractivity contribution in [3.05, 3.63) is 45.5 Å². The van der Waals surface area contributed by atoms with Crippen LogP contribution < -0.4 is 16.0 Å². The molecule has 0 saturated heterocycles. The number of aromatic nitrogens is 1. The number of halogens is 2. The summed E-state index contributed by atoms with van der Waals surface area (Å²) in [4.78, 5) is 3.86. The van der Waals surface area contributed by atoms with Gasteiger partial charge in [0.15, 0.2) is 5.82 Å². The number of nitrogens with two attached hydrogens (primary N) is 1. The predicted molar refractivity (Wildman–Crippen MR) is 84.7 cm³/mol. The molecular weight excluding hydrogens is 412 g/mol. The van der Waals surface area contributed by atoms with Crippen LogP contribution in [0.3, 0.4) is 0 Å². The van der Waals surface area contributed by atoms with Crippen molar-refractivity contribution in [1.82, 2.24) is 4.98 Å². The fraction of sp³-hybridized carbons (Fsp3) is 0. The number of nitrogens with zero attached hydrogens (tertiary/aromatic N) is 1. The molecule has 0 amide bonds. The fourth-order valence-corrected chi connectivity index (χ4v) is 3.70. The molecule has 9 heteroatoms. The maximum Gasteiger partial charge on any atom is 0.265 e. The van der Waals surface area contributed by atoms with E-state index in [2.05, 4.69) is 47.0 Å². The first-order valence-electron chi connectivity index (χ1n) is 5.33. The minimum absolute atomic E-state index is 0.0508. The first kappa shape index (κ1) is 15.2. The summed E-state index contributed by atoms with van der Waals surface area (Å²) in [5, 5.41) is 0. The second-order valence-electron chi connectivity index (χ2n) is 3.73. The summed E-state index contributed by atoms with van der Waals surface area (Å²) in [5.41, 5.74) is 2.69. The number of anilines is 2. The third-order valence-corrected chi connectivity index (χ3v) is 4.87. The van der Waals surface area contributed by atoms with Gasteiger partial charge in [0, 0.05) is 15.1 Å². The Balaban J connectivity index is 2.46. The second-order valence-corrected chi connectivity index (χ2v) is 7.15. The van der Waals surface area contributed by atoms with Gasteiger partial charge in [-0.05, 0) is 50.1 Å². The summed E-state index contributed by atoms with van der Waals surface area (Å²) in [6, 6.07) is 8.31. The van der Waals surface area contributed by atoms with Crippen LogP contribution in [-0.2, 0) is 10.0 Å². The van der Waals surface area contributed by atoms with Crippen molar-refractivity contribution in [3.63, 3.8) is 0 Å². The third kappa shape index (κ3) is 3.29. The van der Waals surface area contributed by atoms with Crippen molar-refractivity contribution in [1.29, 1.82) is 0 Å². The highest BCUT2D eigenvalue weighted by molar-refractivity contribution is 9.10.